The molecule has 0 N–H and O–H groups in total. The van der Waals surface area contributed by atoms with Crippen LogP contribution in [0.4, 0.5) is 0 Å². The Labute approximate surface area is 148 Å². The Kier molecular flexibility index (Phi) is 4.06. The van der Waals surface area contributed by atoms with E-state index in [1.807, 2.05) is 36.1 Å². The molecule has 0 radical (unpaired) electrons. The quantitative estimate of drug-likeness (QED) is 0.707. The van der Waals surface area contributed by atoms with Crippen molar-refractivity contribution in [2.45, 2.75) is 19.4 Å². The molecule has 1 atom stereocenters. The van der Waals surface area contributed by atoms with E-state index in [-0.39, 0.29) is 11.8 Å². The average Bonchev–Trinajstić information content (AvgIpc) is 2.67. The van der Waals surface area contributed by atoms with Gasteiger partial charge in [0, 0.05) is 24.7 Å². The standard InChI is InChI=1S/C22H20N2O/c1-16-8-7-13-21(23-16)22(25)24-14-18-11-5-6-12-19(18)20(15-24)17-9-3-2-4-10-17/h2-13,20H,14-15H2,1H3. The first-order chi connectivity index (χ1) is 12.2. The van der Waals surface area contributed by atoms with Crippen LogP contribution >= 0.6 is 0 Å². The number of carbonyl (C=O) groups is 1. The van der Waals surface area contributed by atoms with Crippen LogP contribution in [0.1, 0.15) is 38.8 Å². The van der Waals surface area contributed by atoms with Gasteiger partial charge in [-0.25, -0.2) is 4.98 Å². The third kappa shape index (κ3) is 3.05. The minimum Gasteiger partial charge on any atom is -0.332 e. The molecule has 4 rings (SSSR count). The fourth-order valence-electron chi connectivity index (χ4n) is 3.56. The van der Waals surface area contributed by atoms with Gasteiger partial charge >= 0.3 is 0 Å². The summed E-state index contributed by atoms with van der Waals surface area (Å²) in [6.45, 7) is 3.22. The van der Waals surface area contributed by atoms with E-state index in [1.54, 1.807) is 6.07 Å². The van der Waals surface area contributed by atoms with Crippen LogP contribution in [0.5, 0.6) is 0 Å². The Morgan fingerprint density at radius 1 is 0.960 bits per heavy atom. The fourth-order valence-corrected chi connectivity index (χ4v) is 3.56. The molecule has 0 spiro atoms. The van der Waals surface area contributed by atoms with Gasteiger partial charge in [-0.15, -0.1) is 0 Å². The van der Waals surface area contributed by atoms with Gasteiger partial charge in [0.1, 0.15) is 5.69 Å². The van der Waals surface area contributed by atoms with Gasteiger partial charge in [0.05, 0.1) is 0 Å². The van der Waals surface area contributed by atoms with Crippen molar-refractivity contribution in [2.24, 2.45) is 0 Å². The zero-order chi connectivity index (χ0) is 17.2. The Morgan fingerprint density at radius 3 is 2.52 bits per heavy atom. The minimum atomic E-state index is -0.000802. The van der Waals surface area contributed by atoms with Crippen LogP contribution in [0.25, 0.3) is 0 Å². The van der Waals surface area contributed by atoms with Crippen molar-refractivity contribution >= 4 is 5.91 Å². The number of carbonyl (C=O) groups excluding carboxylic acids is 1. The molecule has 3 nitrogen and oxygen atoms in total. The second kappa shape index (κ2) is 6.52. The van der Waals surface area contributed by atoms with Crippen LogP contribution in [0.15, 0.2) is 72.8 Å². The zero-order valence-electron chi connectivity index (χ0n) is 14.2. The van der Waals surface area contributed by atoms with Crippen LogP contribution in [-0.4, -0.2) is 22.3 Å². The van der Waals surface area contributed by atoms with Crippen LogP contribution in [0, 0.1) is 6.92 Å². The molecule has 0 fully saturated rings. The van der Waals surface area contributed by atoms with Crippen LogP contribution < -0.4 is 0 Å². The molecular weight excluding hydrogens is 308 g/mol. The largest absolute Gasteiger partial charge is 0.332 e. The number of aryl methyl sites for hydroxylation is 1. The Hall–Kier alpha value is -2.94. The monoisotopic (exact) mass is 328 g/mol. The maximum atomic E-state index is 13.0. The van der Waals surface area contributed by atoms with E-state index in [4.69, 9.17) is 0 Å². The number of amides is 1. The zero-order valence-corrected chi connectivity index (χ0v) is 14.2. The third-order valence-corrected chi connectivity index (χ3v) is 4.79. The normalized spacial score (nSPS) is 16.4. The molecule has 1 unspecified atom stereocenters. The molecule has 1 aromatic heterocycles. The second-order valence-electron chi connectivity index (χ2n) is 6.51. The number of aromatic nitrogens is 1. The molecule has 3 heteroatoms. The van der Waals surface area contributed by atoms with E-state index in [2.05, 4.69) is 47.4 Å². The number of hydrogen-bond donors (Lipinski definition) is 0. The lowest BCUT2D eigenvalue weighted by molar-refractivity contribution is 0.0719. The lowest BCUT2D eigenvalue weighted by Crippen LogP contribution is -2.39. The lowest BCUT2D eigenvalue weighted by atomic mass is 9.84. The Morgan fingerprint density at radius 2 is 1.72 bits per heavy atom. The van der Waals surface area contributed by atoms with Gasteiger partial charge in [0.2, 0.25) is 0 Å². The summed E-state index contributed by atoms with van der Waals surface area (Å²) in [6, 6.07) is 24.4. The molecular formula is C22H20N2O. The molecule has 1 aliphatic heterocycles. The number of pyridine rings is 1. The maximum absolute atomic E-state index is 13.0. The molecule has 1 aliphatic rings. The SMILES string of the molecule is Cc1cccc(C(=O)N2Cc3ccccc3C(c3ccccc3)C2)n1. The van der Waals surface area contributed by atoms with Crippen LogP contribution in [-0.2, 0) is 6.54 Å². The topological polar surface area (TPSA) is 33.2 Å². The summed E-state index contributed by atoms with van der Waals surface area (Å²) < 4.78 is 0. The molecule has 1 amide bonds. The average molecular weight is 328 g/mol. The maximum Gasteiger partial charge on any atom is 0.272 e. The molecule has 2 aromatic carbocycles. The van der Waals surface area contributed by atoms with Crippen molar-refractivity contribution in [1.82, 2.24) is 9.88 Å². The first kappa shape index (κ1) is 15.6. The molecule has 3 aromatic rings. The lowest BCUT2D eigenvalue weighted by Gasteiger charge is -2.35. The number of rotatable bonds is 2. The Balaban J connectivity index is 1.71. The van der Waals surface area contributed by atoms with Crippen molar-refractivity contribution in [3.05, 3.63) is 101 Å². The van der Waals surface area contributed by atoms with Crippen molar-refractivity contribution in [2.75, 3.05) is 6.54 Å². The minimum absolute atomic E-state index is 0.000802. The van der Waals surface area contributed by atoms with Crippen LogP contribution in [0.2, 0.25) is 0 Å². The first-order valence-corrected chi connectivity index (χ1v) is 8.58. The number of benzene rings is 2. The van der Waals surface area contributed by atoms with Crippen molar-refractivity contribution < 1.29 is 4.79 Å². The fraction of sp³-hybridized carbons (Fsp3) is 0.182. The molecule has 0 aliphatic carbocycles. The molecule has 0 saturated heterocycles. The molecule has 0 bridgehead atoms. The van der Waals surface area contributed by atoms with Crippen molar-refractivity contribution in [3.8, 4) is 0 Å². The molecule has 0 saturated carbocycles. The predicted molar refractivity (Wildman–Crippen MR) is 98.4 cm³/mol. The van der Waals surface area contributed by atoms with Crippen molar-refractivity contribution in [3.63, 3.8) is 0 Å². The first-order valence-electron chi connectivity index (χ1n) is 8.58. The summed E-state index contributed by atoms with van der Waals surface area (Å²) in [5.74, 6) is 0.194. The summed E-state index contributed by atoms with van der Waals surface area (Å²) in [6.07, 6.45) is 0. The van der Waals surface area contributed by atoms with Crippen LogP contribution in [0.3, 0.4) is 0 Å². The third-order valence-electron chi connectivity index (χ3n) is 4.79. The summed E-state index contributed by atoms with van der Waals surface area (Å²) >= 11 is 0. The molecule has 124 valence electrons. The van der Waals surface area contributed by atoms with E-state index >= 15 is 0 Å². The van der Waals surface area contributed by atoms with Gasteiger partial charge in [-0.3, -0.25) is 4.79 Å². The summed E-state index contributed by atoms with van der Waals surface area (Å²) in [7, 11) is 0. The molecule has 2 heterocycles. The summed E-state index contributed by atoms with van der Waals surface area (Å²) in [5, 5.41) is 0. The predicted octanol–water partition coefficient (Wildman–Crippen LogP) is 4.18. The van der Waals surface area contributed by atoms with E-state index in [0.717, 1.165) is 5.69 Å². The number of hydrogen-bond acceptors (Lipinski definition) is 2. The summed E-state index contributed by atoms with van der Waals surface area (Å²) in [5.41, 5.74) is 5.15. The smallest absolute Gasteiger partial charge is 0.272 e. The van der Waals surface area contributed by atoms with E-state index in [9.17, 15) is 4.79 Å². The second-order valence-corrected chi connectivity index (χ2v) is 6.51. The van der Waals surface area contributed by atoms with Gasteiger partial charge in [0.25, 0.3) is 5.91 Å². The van der Waals surface area contributed by atoms with Gasteiger partial charge in [-0.1, -0.05) is 60.7 Å². The highest BCUT2D eigenvalue weighted by Crippen LogP contribution is 2.33. The van der Waals surface area contributed by atoms with Gasteiger partial charge in [0.15, 0.2) is 0 Å². The van der Waals surface area contributed by atoms with Crippen molar-refractivity contribution in [1.29, 1.82) is 0 Å². The number of fused-ring (bicyclic) bond motifs is 1. The van der Waals surface area contributed by atoms with E-state index in [0.29, 0.717) is 18.8 Å². The Bertz CT molecular complexity index is 905. The summed E-state index contributed by atoms with van der Waals surface area (Å²) in [4.78, 5) is 19.3. The van der Waals surface area contributed by atoms with Gasteiger partial charge < -0.3 is 4.90 Å². The highest BCUT2D eigenvalue weighted by molar-refractivity contribution is 5.92. The number of nitrogens with zero attached hydrogens (tertiary/aromatic N) is 2. The molecule has 25 heavy (non-hydrogen) atoms. The highest BCUT2D eigenvalue weighted by Gasteiger charge is 2.29. The highest BCUT2D eigenvalue weighted by atomic mass is 16.2. The van der Waals surface area contributed by atoms with Gasteiger partial charge in [-0.05, 0) is 35.7 Å². The van der Waals surface area contributed by atoms with E-state index < -0.39 is 0 Å². The van der Waals surface area contributed by atoms with Gasteiger partial charge in [-0.2, -0.15) is 0 Å². The van der Waals surface area contributed by atoms with E-state index in [1.165, 1.54) is 16.7 Å².